The Morgan fingerprint density at radius 2 is 1.79 bits per heavy atom. The normalized spacial score (nSPS) is 12.7. The fourth-order valence-electron chi connectivity index (χ4n) is 1.15. The summed E-state index contributed by atoms with van der Waals surface area (Å²) in [6.07, 6.45) is -1.33. The zero-order chi connectivity index (χ0) is 15.1. The summed E-state index contributed by atoms with van der Waals surface area (Å²) in [5.74, 6) is -1.15. The summed E-state index contributed by atoms with van der Waals surface area (Å²) in [6.45, 7) is 4.15. The molecule has 0 spiro atoms. The van der Waals surface area contributed by atoms with Gasteiger partial charge in [-0.2, -0.15) is 0 Å². The first-order valence-electron chi connectivity index (χ1n) is 6.03. The molecule has 1 atom stereocenters. The number of hydrogen-bond acceptors (Lipinski definition) is 5. The number of nitrogens with one attached hydrogen (secondary N) is 2. The van der Waals surface area contributed by atoms with Crippen LogP contribution in [0.5, 0.6) is 0 Å². The third-order valence-electron chi connectivity index (χ3n) is 2.58. The average molecular weight is 274 g/mol. The first-order valence-corrected chi connectivity index (χ1v) is 6.03. The molecule has 0 bridgehead atoms. The van der Waals surface area contributed by atoms with E-state index in [4.69, 9.17) is 5.11 Å². The zero-order valence-electron chi connectivity index (χ0n) is 11.5. The average Bonchev–Trinajstić information content (AvgIpc) is 2.35. The van der Waals surface area contributed by atoms with Crippen molar-refractivity contribution >= 4 is 17.6 Å². The molecule has 0 aliphatic carbocycles. The highest BCUT2D eigenvalue weighted by molar-refractivity contribution is 5.85. The van der Waals surface area contributed by atoms with E-state index in [1.807, 2.05) is 0 Å². The molecule has 0 unspecified atom stereocenters. The highest BCUT2D eigenvalue weighted by atomic mass is 16.3. The molecule has 110 valence electrons. The third kappa shape index (κ3) is 6.88. The largest absolute Gasteiger partial charge is 0.396 e. The van der Waals surface area contributed by atoms with E-state index in [2.05, 4.69) is 10.6 Å². The van der Waals surface area contributed by atoms with Gasteiger partial charge in [0.2, 0.25) is 11.8 Å². The molecule has 0 aromatic rings. The van der Waals surface area contributed by atoms with Crippen LogP contribution in [0, 0.1) is 5.41 Å². The molecule has 0 radical (unpaired) electrons. The van der Waals surface area contributed by atoms with Gasteiger partial charge in [-0.1, -0.05) is 13.8 Å². The Morgan fingerprint density at radius 3 is 2.26 bits per heavy atom. The maximum atomic E-state index is 11.5. The number of carbonyl (C=O) groups is 3. The predicted octanol–water partition coefficient (Wildman–Crippen LogP) is -1.42. The molecule has 0 aliphatic rings. The van der Waals surface area contributed by atoms with Crippen LogP contribution in [0.2, 0.25) is 0 Å². The van der Waals surface area contributed by atoms with Gasteiger partial charge in [-0.25, -0.2) is 0 Å². The Morgan fingerprint density at radius 1 is 1.21 bits per heavy atom. The number of Topliss-reactive ketones (excluding diaryl/α,β-unsaturated/α-hetero) is 1. The van der Waals surface area contributed by atoms with E-state index < -0.39 is 17.4 Å². The second kappa shape index (κ2) is 7.85. The van der Waals surface area contributed by atoms with Crippen LogP contribution in [0.3, 0.4) is 0 Å². The standard InChI is InChI=1S/C12H22N2O5/c1-8(16)6-14-9(17)4-5-13-11(19)10(18)12(2,3)7-15/h10,15,18H,4-7H2,1-3H3,(H,13,19)(H,14,17)/t10-/m0/s1. The fraction of sp³-hybridized carbons (Fsp3) is 0.750. The topological polar surface area (TPSA) is 116 Å². The number of aliphatic hydroxyl groups is 2. The van der Waals surface area contributed by atoms with Gasteiger partial charge < -0.3 is 20.8 Å². The molecule has 2 amide bonds. The van der Waals surface area contributed by atoms with Gasteiger partial charge >= 0.3 is 0 Å². The van der Waals surface area contributed by atoms with Crippen molar-refractivity contribution in [2.75, 3.05) is 19.7 Å². The predicted molar refractivity (Wildman–Crippen MR) is 68.2 cm³/mol. The van der Waals surface area contributed by atoms with E-state index in [1.54, 1.807) is 13.8 Å². The second-order valence-electron chi connectivity index (χ2n) is 5.07. The Hall–Kier alpha value is -1.47. The summed E-state index contributed by atoms with van der Waals surface area (Å²) >= 11 is 0. The van der Waals surface area contributed by atoms with Crippen molar-refractivity contribution in [1.29, 1.82) is 0 Å². The van der Waals surface area contributed by atoms with Crippen molar-refractivity contribution in [2.45, 2.75) is 33.3 Å². The van der Waals surface area contributed by atoms with E-state index >= 15 is 0 Å². The lowest BCUT2D eigenvalue weighted by Gasteiger charge is -2.27. The Balaban J connectivity index is 3.98. The van der Waals surface area contributed by atoms with Crippen LogP contribution in [-0.4, -0.2) is 53.6 Å². The van der Waals surface area contributed by atoms with Gasteiger partial charge in [0, 0.05) is 18.4 Å². The Bertz CT molecular complexity index is 341. The minimum atomic E-state index is -1.35. The zero-order valence-corrected chi connectivity index (χ0v) is 11.5. The monoisotopic (exact) mass is 274 g/mol. The number of rotatable bonds is 8. The highest BCUT2D eigenvalue weighted by Crippen LogP contribution is 2.19. The van der Waals surface area contributed by atoms with Crippen molar-refractivity contribution in [3.8, 4) is 0 Å². The molecular formula is C12H22N2O5. The van der Waals surface area contributed by atoms with E-state index in [-0.39, 0.29) is 37.8 Å². The van der Waals surface area contributed by atoms with Crippen LogP contribution in [-0.2, 0) is 14.4 Å². The van der Waals surface area contributed by atoms with E-state index in [9.17, 15) is 19.5 Å². The van der Waals surface area contributed by atoms with Gasteiger partial charge in [0.05, 0.1) is 13.2 Å². The fourth-order valence-corrected chi connectivity index (χ4v) is 1.15. The molecule has 19 heavy (non-hydrogen) atoms. The summed E-state index contributed by atoms with van der Waals surface area (Å²) in [6, 6.07) is 0. The molecule has 0 aromatic heterocycles. The van der Waals surface area contributed by atoms with Crippen LogP contribution in [0.4, 0.5) is 0 Å². The number of ketones is 1. The van der Waals surface area contributed by atoms with Crippen molar-refractivity contribution in [3.63, 3.8) is 0 Å². The Kier molecular flexibility index (Phi) is 7.25. The molecule has 7 nitrogen and oxygen atoms in total. The van der Waals surface area contributed by atoms with Gasteiger partial charge in [0.25, 0.3) is 0 Å². The molecular weight excluding hydrogens is 252 g/mol. The van der Waals surface area contributed by atoms with Crippen LogP contribution in [0.15, 0.2) is 0 Å². The summed E-state index contributed by atoms with van der Waals surface area (Å²) < 4.78 is 0. The molecule has 0 saturated heterocycles. The van der Waals surface area contributed by atoms with E-state index in [0.717, 1.165) is 0 Å². The Labute approximate surface area is 112 Å². The highest BCUT2D eigenvalue weighted by Gasteiger charge is 2.32. The number of amides is 2. The van der Waals surface area contributed by atoms with Gasteiger partial charge in [0.15, 0.2) is 0 Å². The second-order valence-corrected chi connectivity index (χ2v) is 5.07. The maximum absolute atomic E-state index is 11.5. The van der Waals surface area contributed by atoms with Crippen molar-refractivity contribution < 1.29 is 24.6 Å². The van der Waals surface area contributed by atoms with Crippen molar-refractivity contribution in [2.24, 2.45) is 5.41 Å². The minimum absolute atomic E-state index is 0.0191. The van der Waals surface area contributed by atoms with Crippen LogP contribution < -0.4 is 10.6 Å². The summed E-state index contributed by atoms with van der Waals surface area (Å²) in [7, 11) is 0. The first-order chi connectivity index (χ1) is 8.70. The van der Waals surface area contributed by atoms with Gasteiger partial charge in [0.1, 0.15) is 11.9 Å². The quantitative estimate of drug-likeness (QED) is 0.433. The lowest BCUT2D eigenvalue weighted by Crippen LogP contribution is -2.46. The SMILES string of the molecule is CC(=O)CNC(=O)CCNC(=O)[C@H](O)C(C)(C)CO. The third-order valence-corrected chi connectivity index (χ3v) is 2.58. The van der Waals surface area contributed by atoms with E-state index in [0.29, 0.717) is 0 Å². The summed E-state index contributed by atoms with van der Waals surface area (Å²) in [5, 5.41) is 23.5. The molecule has 0 aliphatic heterocycles. The van der Waals surface area contributed by atoms with Crippen LogP contribution in [0.25, 0.3) is 0 Å². The molecule has 0 aromatic carbocycles. The first kappa shape index (κ1) is 17.5. The van der Waals surface area contributed by atoms with Crippen molar-refractivity contribution in [3.05, 3.63) is 0 Å². The number of carbonyl (C=O) groups excluding carboxylic acids is 3. The van der Waals surface area contributed by atoms with E-state index in [1.165, 1.54) is 6.92 Å². The van der Waals surface area contributed by atoms with Crippen LogP contribution in [0.1, 0.15) is 27.2 Å². The van der Waals surface area contributed by atoms with Gasteiger partial charge in [-0.15, -0.1) is 0 Å². The molecule has 0 saturated carbocycles. The molecule has 0 rings (SSSR count). The molecule has 4 N–H and O–H groups in total. The maximum Gasteiger partial charge on any atom is 0.249 e. The van der Waals surface area contributed by atoms with Crippen molar-refractivity contribution in [1.82, 2.24) is 10.6 Å². The molecule has 7 heteroatoms. The number of hydrogen-bond donors (Lipinski definition) is 4. The lowest BCUT2D eigenvalue weighted by molar-refractivity contribution is -0.137. The van der Waals surface area contributed by atoms with Crippen LogP contribution >= 0.6 is 0 Å². The van der Waals surface area contributed by atoms with Gasteiger partial charge in [-0.05, 0) is 6.92 Å². The lowest BCUT2D eigenvalue weighted by atomic mass is 9.87. The smallest absolute Gasteiger partial charge is 0.249 e. The summed E-state index contributed by atoms with van der Waals surface area (Å²) in [5.41, 5.74) is -0.943. The molecule has 0 heterocycles. The minimum Gasteiger partial charge on any atom is -0.396 e. The summed E-state index contributed by atoms with van der Waals surface area (Å²) in [4.78, 5) is 33.4. The number of aliphatic hydroxyl groups excluding tert-OH is 2. The van der Waals surface area contributed by atoms with Gasteiger partial charge in [-0.3, -0.25) is 14.4 Å². The molecule has 0 fully saturated rings.